The summed E-state index contributed by atoms with van der Waals surface area (Å²) in [5.41, 5.74) is 1.36. The van der Waals surface area contributed by atoms with Crippen molar-refractivity contribution in [2.75, 3.05) is 19.4 Å². The Morgan fingerprint density at radius 3 is 2.61 bits per heavy atom. The summed E-state index contributed by atoms with van der Waals surface area (Å²) in [4.78, 5) is 0.386. The van der Waals surface area contributed by atoms with Gasteiger partial charge in [-0.05, 0) is 43.5 Å². The maximum Gasteiger partial charge on any atom is 0.175 e. The molecule has 1 saturated heterocycles. The number of benzene rings is 1. The molecule has 3 rings (SSSR count). The van der Waals surface area contributed by atoms with E-state index in [2.05, 4.69) is 19.2 Å². The molecule has 1 aliphatic carbocycles. The van der Waals surface area contributed by atoms with Crippen molar-refractivity contribution >= 4 is 9.84 Å². The van der Waals surface area contributed by atoms with Crippen molar-refractivity contribution in [3.63, 3.8) is 0 Å². The van der Waals surface area contributed by atoms with Crippen LogP contribution in [0.5, 0.6) is 0 Å². The van der Waals surface area contributed by atoms with Gasteiger partial charge in [-0.15, -0.1) is 0 Å². The van der Waals surface area contributed by atoms with Gasteiger partial charge in [-0.3, -0.25) is 0 Å². The van der Waals surface area contributed by atoms with Gasteiger partial charge in [0.05, 0.1) is 11.0 Å². The normalized spacial score (nSPS) is 29.6. The van der Waals surface area contributed by atoms with Gasteiger partial charge in [-0.1, -0.05) is 26.0 Å². The fourth-order valence-corrected chi connectivity index (χ4v) is 4.84. The van der Waals surface area contributed by atoms with Crippen LogP contribution in [0, 0.1) is 11.3 Å². The zero-order chi connectivity index (χ0) is 16.7. The topological polar surface area (TPSA) is 55.4 Å². The van der Waals surface area contributed by atoms with Crippen LogP contribution in [0.3, 0.4) is 0 Å². The average molecular weight is 337 g/mol. The van der Waals surface area contributed by atoms with E-state index in [4.69, 9.17) is 4.74 Å². The van der Waals surface area contributed by atoms with Crippen LogP contribution in [0.15, 0.2) is 29.2 Å². The van der Waals surface area contributed by atoms with E-state index in [-0.39, 0.29) is 5.41 Å². The Bertz CT molecular complexity index is 651. The van der Waals surface area contributed by atoms with Crippen molar-refractivity contribution in [2.45, 2.75) is 50.2 Å². The lowest BCUT2D eigenvalue weighted by atomic mass is 9.55. The molecule has 23 heavy (non-hydrogen) atoms. The van der Waals surface area contributed by atoms with Crippen LogP contribution in [0.1, 0.15) is 32.3 Å². The molecule has 5 heteroatoms. The van der Waals surface area contributed by atoms with Gasteiger partial charge in [0.1, 0.15) is 0 Å². The molecule has 3 atom stereocenters. The molecule has 1 aromatic carbocycles. The summed E-state index contributed by atoms with van der Waals surface area (Å²) in [6, 6.07) is 7.74. The maximum absolute atomic E-state index is 11.5. The zero-order valence-corrected chi connectivity index (χ0v) is 15.0. The van der Waals surface area contributed by atoms with Crippen molar-refractivity contribution in [2.24, 2.45) is 11.3 Å². The van der Waals surface area contributed by atoms with Crippen molar-refractivity contribution in [3.05, 3.63) is 29.8 Å². The minimum Gasteiger partial charge on any atom is -0.377 e. The Kier molecular flexibility index (Phi) is 4.55. The minimum absolute atomic E-state index is 0.200. The van der Waals surface area contributed by atoms with Crippen LogP contribution in [-0.2, 0) is 21.0 Å². The second-order valence-corrected chi connectivity index (χ2v) is 9.53. The standard InChI is InChI=1S/C18H27NO3S/c1-18(2)16(15-5-4-12-22-17(15)18)19-11-10-13-6-8-14(9-7-13)23(3,20)21/h6-9,15-17,19H,4-5,10-12H2,1-3H3/t15-,16-,17+/m1/s1. The van der Waals surface area contributed by atoms with Crippen LogP contribution in [0.2, 0.25) is 0 Å². The van der Waals surface area contributed by atoms with Crippen molar-refractivity contribution in [1.82, 2.24) is 5.32 Å². The molecule has 1 aliphatic heterocycles. The summed E-state index contributed by atoms with van der Waals surface area (Å²) in [6.07, 6.45) is 4.99. The molecule has 0 bridgehead atoms. The molecular weight excluding hydrogens is 310 g/mol. The van der Waals surface area contributed by atoms with Gasteiger partial charge in [0.25, 0.3) is 0 Å². The highest BCUT2D eigenvalue weighted by atomic mass is 32.2. The van der Waals surface area contributed by atoms with E-state index in [1.165, 1.54) is 24.7 Å². The summed E-state index contributed by atoms with van der Waals surface area (Å²) >= 11 is 0. The van der Waals surface area contributed by atoms with Crippen LogP contribution < -0.4 is 5.32 Å². The van der Waals surface area contributed by atoms with E-state index in [0.29, 0.717) is 23.0 Å². The van der Waals surface area contributed by atoms with Crippen LogP contribution in [0.25, 0.3) is 0 Å². The first kappa shape index (κ1) is 16.9. The Morgan fingerprint density at radius 1 is 1.26 bits per heavy atom. The van der Waals surface area contributed by atoms with Gasteiger partial charge >= 0.3 is 0 Å². The molecule has 2 aliphatic rings. The summed E-state index contributed by atoms with van der Waals surface area (Å²) < 4.78 is 28.9. The first-order chi connectivity index (χ1) is 10.8. The van der Waals surface area contributed by atoms with Gasteiger partial charge in [0.2, 0.25) is 0 Å². The second kappa shape index (κ2) is 6.19. The van der Waals surface area contributed by atoms with Gasteiger partial charge in [-0.25, -0.2) is 8.42 Å². The zero-order valence-electron chi connectivity index (χ0n) is 14.2. The minimum atomic E-state index is -3.11. The van der Waals surface area contributed by atoms with Crippen molar-refractivity contribution < 1.29 is 13.2 Å². The number of hydrogen-bond acceptors (Lipinski definition) is 4. The van der Waals surface area contributed by atoms with Crippen LogP contribution in [-0.4, -0.2) is 40.0 Å². The second-order valence-electron chi connectivity index (χ2n) is 7.52. The number of hydrogen-bond donors (Lipinski definition) is 1. The van der Waals surface area contributed by atoms with Crippen molar-refractivity contribution in [3.8, 4) is 0 Å². The monoisotopic (exact) mass is 337 g/mol. The molecule has 2 fully saturated rings. The molecule has 1 N–H and O–H groups in total. The van der Waals surface area contributed by atoms with Gasteiger partial charge in [0, 0.05) is 30.2 Å². The Labute approximate surface area is 139 Å². The number of rotatable bonds is 5. The largest absolute Gasteiger partial charge is 0.377 e. The molecule has 128 valence electrons. The number of ether oxygens (including phenoxy) is 1. The quantitative estimate of drug-likeness (QED) is 0.896. The predicted octanol–water partition coefficient (Wildman–Crippen LogP) is 2.43. The fourth-order valence-electron chi connectivity index (χ4n) is 4.21. The van der Waals surface area contributed by atoms with E-state index in [1.807, 2.05) is 12.1 Å². The Hall–Kier alpha value is -0.910. The molecule has 1 saturated carbocycles. The predicted molar refractivity (Wildman–Crippen MR) is 91.3 cm³/mol. The van der Waals surface area contributed by atoms with Crippen LogP contribution >= 0.6 is 0 Å². The molecule has 0 radical (unpaired) electrons. The maximum atomic E-state index is 11.5. The van der Waals surface area contributed by atoms with Gasteiger partial charge in [0.15, 0.2) is 9.84 Å². The van der Waals surface area contributed by atoms with Crippen LogP contribution in [0.4, 0.5) is 0 Å². The number of fused-ring (bicyclic) bond motifs is 1. The summed E-state index contributed by atoms with van der Waals surface area (Å²) in [5.74, 6) is 0.645. The lowest BCUT2D eigenvalue weighted by molar-refractivity contribution is -0.192. The smallest absolute Gasteiger partial charge is 0.175 e. The molecule has 1 aromatic rings. The summed E-state index contributed by atoms with van der Waals surface area (Å²) in [7, 11) is -3.11. The highest BCUT2D eigenvalue weighted by Gasteiger charge is 2.57. The van der Waals surface area contributed by atoms with Gasteiger partial charge < -0.3 is 10.1 Å². The molecule has 0 unspecified atom stereocenters. The third kappa shape index (κ3) is 3.32. The molecule has 1 heterocycles. The van der Waals surface area contributed by atoms with E-state index < -0.39 is 9.84 Å². The highest BCUT2D eigenvalue weighted by Crippen LogP contribution is 2.51. The van der Waals surface area contributed by atoms with Crippen molar-refractivity contribution in [1.29, 1.82) is 0 Å². The van der Waals surface area contributed by atoms with Gasteiger partial charge in [-0.2, -0.15) is 0 Å². The summed E-state index contributed by atoms with van der Waals surface area (Å²) in [6.45, 7) is 6.40. The van der Waals surface area contributed by atoms with E-state index in [1.54, 1.807) is 12.1 Å². The molecule has 0 spiro atoms. The highest BCUT2D eigenvalue weighted by molar-refractivity contribution is 7.90. The number of nitrogens with one attached hydrogen (secondary N) is 1. The number of sulfone groups is 1. The lowest BCUT2D eigenvalue weighted by Gasteiger charge is -2.60. The van der Waals surface area contributed by atoms with E-state index in [0.717, 1.165) is 19.6 Å². The SMILES string of the molecule is CC1(C)[C@H](NCCc2ccc(S(C)(=O)=O)cc2)[C@H]2CCCO[C@@H]21. The first-order valence-corrected chi connectivity index (χ1v) is 10.3. The molecule has 0 aromatic heterocycles. The lowest BCUT2D eigenvalue weighted by Crippen LogP contribution is -2.69. The van der Waals surface area contributed by atoms with E-state index in [9.17, 15) is 8.42 Å². The Balaban J connectivity index is 1.53. The molecular formula is C18H27NO3S. The third-order valence-electron chi connectivity index (χ3n) is 5.46. The summed E-state index contributed by atoms with van der Waals surface area (Å²) in [5, 5.41) is 3.70. The first-order valence-electron chi connectivity index (χ1n) is 8.44. The Morgan fingerprint density at radius 2 is 1.96 bits per heavy atom. The third-order valence-corrected chi connectivity index (χ3v) is 6.59. The fraction of sp³-hybridized carbons (Fsp3) is 0.667. The van der Waals surface area contributed by atoms with E-state index >= 15 is 0 Å². The molecule has 4 nitrogen and oxygen atoms in total. The molecule has 0 amide bonds. The average Bonchev–Trinajstić information content (AvgIpc) is 2.51.